The SMILES string of the molecule is CCC(NC)C(CC)NC. The second-order valence-corrected chi connectivity index (χ2v) is 2.61. The molecule has 10 heavy (non-hydrogen) atoms. The molecule has 0 aromatic rings. The van der Waals surface area contributed by atoms with Crippen LogP contribution in [-0.4, -0.2) is 26.2 Å². The van der Waals surface area contributed by atoms with E-state index in [2.05, 4.69) is 24.5 Å². The highest BCUT2D eigenvalue weighted by atomic mass is 15.0. The molecule has 0 aromatic heterocycles. The van der Waals surface area contributed by atoms with E-state index < -0.39 is 0 Å². The molecule has 62 valence electrons. The molecule has 0 heterocycles. The molecule has 0 amide bonds. The molecule has 0 bridgehead atoms. The van der Waals surface area contributed by atoms with Gasteiger partial charge in [-0.15, -0.1) is 0 Å². The predicted octanol–water partition coefficient (Wildman–Crippen LogP) is 0.982. The first kappa shape index (κ1) is 9.92. The van der Waals surface area contributed by atoms with E-state index in [0.717, 1.165) is 0 Å². The van der Waals surface area contributed by atoms with Crippen molar-refractivity contribution in [1.82, 2.24) is 10.6 Å². The molecule has 0 rings (SSSR count). The van der Waals surface area contributed by atoms with Crippen LogP contribution in [0.5, 0.6) is 0 Å². The Hall–Kier alpha value is -0.0800. The molecule has 2 nitrogen and oxygen atoms in total. The van der Waals surface area contributed by atoms with E-state index in [1.165, 1.54) is 12.8 Å². The van der Waals surface area contributed by atoms with Gasteiger partial charge in [0, 0.05) is 12.1 Å². The lowest BCUT2D eigenvalue weighted by atomic mass is 10.0. The molecule has 0 aliphatic carbocycles. The topological polar surface area (TPSA) is 24.1 Å². The lowest BCUT2D eigenvalue weighted by Crippen LogP contribution is -2.44. The molecule has 2 N–H and O–H groups in total. The van der Waals surface area contributed by atoms with Gasteiger partial charge in [0.1, 0.15) is 0 Å². The van der Waals surface area contributed by atoms with Gasteiger partial charge in [-0.2, -0.15) is 0 Å². The summed E-state index contributed by atoms with van der Waals surface area (Å²) >= 11 is 0. The van der Waals surface area contributed by atoms with Crippen LogP contribution in [0, 0.1) is 0 Å². The molecule has 0 saturated carbocycles. The molecular weight excluding hydrogens is 124 g/mol. The van der Waals surface area contributed by atoms with Crippen molar-refractivity contribution in [2.75, 3.05) is 14.1 Å². The third kappa shape index (κ3) is 2.67. The summed E-state index contributed by atoms with van der Waals surface area (Å²) in [6, 6.07) is 1.24. The molecule has 0 aromatic carbocycles. The summed E-state index contributed by atoms with van der Waals surface area (Å²) in [6.45, 7) is 4.42. The first-order chi connectivity index (χ1) is 4.79. The van der Waals surface area contributed by atoms with E-state index in [9.17, 15) is 0 Å². The van der Waals surface area contributed by atoms with E-state index >= 15 is 0 Å². The third-order valence-corrected chi connectivity index (χ3v) is 2.11. The number of hydrogen-bond donors (Lipinski definition) is 2. The third-order valence-electron chi connectivity index (χ3n) is 2.11. The summed E-state index contributed by atoms with van der Waals surface area (Å²) < 4.78 is 0. The lowest BCUT2D eigenvalue weighted by Gasteiger charge is -2.23. The zero-order valence-electron chi connectivity index (χ0n) is 7.57. The summed E-state index contributed by atoms with van der Waals surface area (Å²) in [7, 11) is 4.04. The molecule has 0 saturated heterocycles. The Morgan fingerprint density at radius 3 is 1.30 bits per heavy atom. The minimum atomic E-state index is 0.620. The normalized spacial score (nSPS) is 16.8. The first-order valence-corrected chi connectivity index (χ1v) is 4.14. The van der Waals surface area contributed by atoms with Crippen LogP contribution in [0.3, 0.4) is 0 Å². The molecular formula is C8H20N2. The number of nitrogens with one attached hydrogen (secondary N) is 2. The van der Waals surface area contributed by atoms with Crippen LogP contribution < -0.4 is 10.6 Å². The fourth-order valence-corrected chi connectivity index (χ4v) is 1.38. The van der Waals surface area contributed by atoms with E-state index in [4.69, 9.17) is 0 Å². The second-order valence-electron chi connectivity index (χ2n) is 2.61. The van der Waals surface area contributed by atoms with Gasteiger partial charge >= 0.3 is 0 Å². The summed E-state index contributed by atoms with van der Waals surface area (Å²) in [6.07, 6.45) is 2.38. The minimum Gasteiger partial charge on any atom is -0.315 e. The average molecular weight is 144 g/mol. The summed E-state index contributed by atoms with van der Waals surface area (Å²) in [5.41, 5.74) is 0. The van der Waals surface area contributed by atoms with Gasteiger partial charge in [-0.1, -0.05) is 13.8 Å². The Morgan fingerprint density at radius 1 is 0.900 bits per heavy atom. The number of hydrogen-bond acceptors (Lipinski definition) is 2. The lowest BCUT2D eigenvalue weighted by molar-refractivity contribution is 0.389. The van der Waals surface area contributed by atoms with Gasteiger partial charge < -0.3 is 10.6 Å². The molecule has 0 fully saturated rings. The van der Waals surface area contributed by atoms with Crippen molar-refractivity contribution in [1.29, 1.82) is 0 Å². The Morgan fingerprint density at radius 2 is 1.20 bits per heavy atom. The van der Waals surface area contributed by atoms with Crippen molar-refractivity contribution in [2.45, 2.75) is 38.8 Å². The summed E-state index contributed by atoms with van der Waals surface area (Å²) in [5, 5.41) is 6.58. The summed E-state index contributed by atoms with van der Waals surface area (Å²) in [5.74, 6) is 0. The highest BCUT2D eigenvalue weighted by Gasteiger charge is 2.12. The smallest absolute Gasteiger partial charge is 0.0215 e. The summed E-state index contributed by atoms with van der Waals surface area (Å²) in [4.78, 5) is 0. The van der Waals surface area contributed by atoms with Crippen LogP contribution in [-0.2, 0) is 0 Å². The molecule has 0 aliphatic heterocycles. The molecule has 2 heteroatoms. The zero-order valence-corrected chi connectivity index (χ0v) is 7.57. The van der Waals surface area contributed by atoms with Crippen LogP contribution in [0.25, 0.3) is 0 Å². The zero-order chi connectivity index (χ0) is 7.98. The highest BCUT2D eigenvalue weighted by molar-refractivity contribution is 4.77. The van der Waals surface area contributed by atoms with E-state index in [-0.39, 0.29) is 0 Å². The molecule has 0 radical (unpaired) electrons. The minimum absolute atomic E-state index is 0.620. The highest BCUT2D eigenvalue weighted by Crippen LogP contribution is 2.00. The number of rotatable bonds is 5. The Labute approximate surface area is 64.4 Å². The second kappa shape index (κ2) is 5.69. The monoisotopic (exact) mass is 144 g/mol. The predicted molar refractivity (Wildman–Crippen MR) is 46.3 cm³/mol. The van der Waals surface area contributed by atoms with Crippen molar-refractivity contribution in [3.05, 3.63) is 0 Å². The van der Waals surface area contributed by atoms with E-state index in [0.29, 0.717) is 12.1 Å². The van der Waals surface area contributed by atoms with E-state index in [1.54, 1.807) is 0 Å². The largest absolute Gasteiger partial charge is 0.315 e. The van der Waals surface area contributed by atoms with Gasteiger partial charge in [-0.3, -0.25) is 0 Å². The van der Waals surface area contributed by atoms with Gasteiger partial charge in [0.2, 0.25) is 0 Å². The Balaban J connectivity index is 3.70. The number of likely N-dealkylation sites (N-methyl/N-ethyl adjacent to an activating group) is 2. The van der Waals surface area contributed by atoms with Crippen LogP contribution in [0.1, 0.15) is 26.7 Å². The Bertz CT molecular complexity index is 55.7. The van der Waals surface area contributed by atoms with Crippen molar-refractivity contribution >= 4 is 0 Å². The van der Waals surface area contributed by atoms with Gasteiger partial charge in [0.05, 0.1) is 0 Å². The van der Waals surface area contributed by atoms with Crippen LogP contribution in [0.4, 0.5) is 0 Å². The maximum absolute atomic E-state index is 3.29. The maximum Gasteiger partial charge on any atom is 0.0215 e. The molecule has 2 unspecified atom stereocenters. The fraction of sp³-hybridized carbons (Fsp3) is 1.00. The van der Waals surface area contributed by atoms with Crippen LogP contribution in [0.15, 0.2) is 0 Å². The van der Waals surface area contributed by atoms with E-state index in [1.807, 2.05) is 14.1 Å². The fourth-order valence-electron chi connectivity index (χ4n) is 1.38. The van der Waals surface area contributed by atoms with Crippen LogP contribution in [0.2, 0.25) is 0 Å². The van der Waals surface area contributed by atoms with Gasteiger partial charge in [-0.05, 0) is 26.9 Å². The Kier molecular flexibility index (Phi) is 5.64. The maximum atomic E-state index is 3.29. The van der Waals surface area contributed by atoms with Crippen molar-refractivity contribution < 1.29 is 0 Å². The molecule has 0 spiro atoms. The van der Waals surface area contributed by atoms with Gasteiger partial charge in [0.25, 0.3) is 0 Å². The molecule has 0 aliphatic rings. The van der Waals surface area contributed by atoms with Crippen molar-refractivity contribution in [3.63, 3.8) is 0 Å². The molecule has 2 atom stereocenters. The standard InChI is InChI=1S/C8H20N2/c1-5-7(9-3)8(6-2)10-4/h7-10H,5-6H2,1-4H3. The van der Waals surface area contributed by atoms with Crippen molar-refractivity contribution in [3.8, 4) is 0 Å². The van der Waals surface area contributed by atoms with Gasteiger partial charge in [-0.25, -0.2) is 0 Å². The average Bonchev–Trinajstić information content (AvgIpc) is 2.00. The quantitative estimate of drug-likeness (QED) is 0.601. The first-order valence-electron chi connectivity index (χ1n) is 4.14. The van der Waals surface area contributed by atoms with Gasteiger partial charge in [0.15, 0.2) is 0 Å². The van der Waals surface area contributed by atoms with Crippen molar-refractivity contribution in [2.24, 2.45) is 0 Å². The van der Waals surface area contributed by atoms with Crippen LogP contribution >= 0.6 is 0 Å².